The van der Waals surface area contributed by atoms with Gasteiger partial charge < -0.3 is 5.11 Å². The Morgan fingerprint density at radius 3 is 1.52 bits per heavy atom. The van der Waals surface area contributed by atoms with E-state index in [4.69, 9.17) is 0 Å². The predicted octanol–water partition coefficient (Wildman–Crippen LogP) is 5.60. The van der Waals surface area contributed by atoms with E-state index in [2.05, 4.69) is 6.66 Å². The Balaban J connectivity index is 1.84. The number of rotatable bonds is 3. The summed E-state index contributed by atoms with van der Waals surface area (Å²) in [6, 6.07) is 0. The minimum absolute atomic E-state index is 0.0425. The molecule has 2 atom stereocenters. The highest BCUT2D eigenvalue weighted by Crippen LogP contribution is 2.74. The molecule has 3 saturated carbocycles. The highest BCUT2D eigenvalue weighted by molar-refractivity contribution is 7.77. The van der Waals surface area contributed by atoms with E-state index >= 15 is 0 Å². The van der Waals surface area contributed by atoms with Crippen molar-refractivity contribution in [2.24, 2.45) is 0 Å². The summed E-state index contributed by atoms with van der Waals surface area (Å²) in [6.45, 7) is 2.72. The van der Waals surface area contributed by atoms with Crippen molar-refractivity contribution in [3.63, 3.8) is 0 Å². The molecule has 0 radical (unpaired) electrons. The van der Waals surface area contributed by atoms with Gasteiger partial charge in [0.2, 0.25) is 0 Å². The molecular formula is C19H36OP+. The predicted molar refractivity (Wildman–Crippen MR) is 94.9 cm³/mol. The van der Waals surface area contributed by atoms with Crippen molar-refractivity contribution in [2.45, 2.75) is 113 Å². The molecule has 0 aromatic heterocycles. The van der Waals surface area contributed by atoms with E-state index in [9.17, 15) is 5.11 Å². The lowest BCUT2D eigenvalue weighted by Crippen LogP contribution is -2.41. The third-order valence-electron chi connectivity index (χ3n) is 7.13. The van der Waals surface area contributed by atoms with E-state index in [-0.39, 0.29) is 6.10 Å². The fourth-order valence-electron chi connectivity index (χ4n) is 5.86. The van der Waals surface area contributed by atoms with Crippen LogP contribution in [0.3, 0.4) is 0 Å². The van der Waals surface area contributed by atoms with Gasteiger partial charge in [-0.05, 0) is 70.6 Å². The van der Waals surface area contributed by atoms with Crippen LogP contribution in [0, 0.1) is 0 Å². The average molecular weight is 311 g/mol. The maximum absolute atomic E-state index is 10.8. The summed E-state index contributed by atoms with van der Waals surface area (Å²) in [6.07, 6.45) is 19.9. The molecule has 1 N–H and O–H groups in total. The largest absolute Gasteiger partial charge is 0.389 e. The number of hydrogen-bond acceptors (Lipinski definition) is 1. The second kappa shape index (κ2) is 7.31. The summed E-state index contributed by atoms with van der Waals surface area (Å²) in [5, 5.41) is 10.8. The molecule has 3 rings (SSSR count). The van der Waals surface area contributed by atoms with Gasteiger partial charge in [0.05, 0.1) is 23.1 Å². The Kier molecular flexibility index (Phi) is 5.66. The van der Waals surface area contributed by atoms with Crippen LogP contribution >= 0.6 is 7.26 Å². The zero-order valence-corrected chi connectivity index (χ0v) is 15.0. The Hall–Kier alpha value is 0.390. The van der Waals surface area contributed by atoms with Gasteiger partial charge >= 0.3 is 0 Å². The molecule has 0 amide bonds. The van der Waals surface area contributed by atoms with E-state index in [0.29, 0.717) is 5.66 Å². The van der Waals surface area contributed by atoms with Gasteiger partial charge in [-0.1, -0.05) is 19.3 Å². The zero-order valence-electron chi connectivity index (χ0n) is 14.1. The maximum atomic E-state index is 10.8. The zero-order chi connectivity index (χ0) is 14.7. The average Bonchev–Trinajstić information content (AvgIpc) is 2.56. The third-order valence-corrected chi connectivity index (χ3v) is 13.3. The lowest BCUT2D eigenvalue weighted by atomic mass is 9.97. The normalized spacial score (nSPS) is 34.0. The molecule has 0 heterocycles. The van der Waals surface area contributed by atoms with E-state index in [1.165, 1.54) is 83.5 Å². The van der Waals surface area contributed by atoms with Gasteiger partial charge in [0.15, 0.2) is 0 Å². The Labute approximate surface area is 132 Å². The highest BCUT2D eigenvalue weighted by Gasteiger charge is 2.55. The molecule has 0 aromatic carbocycles. The van der Waals surface area contributed by atoms with Crippen LogP contribution in [0.1, 0.15) is 89.9 Å². The number of aliphatic hydroxyl groups excluding tert-OH is 1. The number of hydrogen-bond donors (Lipinski definition) is 1. The van der Waals surface area contributed by atoms with Gasteiger partial charge in [-0.3, -0.25) is 0 Å². The second-order valence-corrected chi connectivity index (χ2v) is 12.8. The van der Waals surface area contributed by atoms with Crippen molar-refractivity contribution >= 4 is 7.26 Å². The van der Waals surface area contributed by atoms with Gasteiger partial charge in [0.1, 0.15) is 0 Å². The molecule has 3 aliphatic rings. The molecule has 122 valence electrons. The van der Waals surface area contributed by atoms with Crippen LogP contribution in [0.5, 0.6) is 0 Å². The lowest BCUT2D eigenvalue weighted by molar-refractivity contribution is 0.132. The Morgan fingerprint density at radius 2 is 1.05 bits per heavy atom. The summed E-state index contributed by atoms with van der Waals surface area (Å²) in [5.74, 6) is 0. The van der Waals surface area contributed by atoms with Crippen LogP contribution in [0.25, 0.3) is 0 Å². The molecule has 2 unspecified atom stereocenters. The maximum Gasteiger partial charge on any atom is 0.0958 e. The van der Waals surface area contributed by atoms with E-state index < -0.39 is 7.26 Å². The summed E-state index contributed by atoms with van der Waals surface area (Å²) < 4.78 is 0. The highest BCUT2D eigenvalue weighted by atomic mass is 31.2. The molecule has 0 aliphatic heterocycles. The molecule has 0 spiro atoms. The van der Waals surface area contributed by atoms with Crippen molar-refractivity contribution in [3.05, 3.63) is 0 Å². The van der Waals surface area contributed by atoms with Crippen molar-refractivity contribution in [2.75, 3.05) is 6.66 Å². The molecule has 21 heavy (non-hydrogen) atoms. The fraction of sp³-hybridized carbons (Fsp3) is 1.00. The van der Waals surface area contributed by atoms with Gasteiger partial charge in [0.25, 0.3) is 0 Å². The fourth-order valence-corrected chi connectivity index (χ4v) is 12.1. The Bertz CT molecular complexity index is 300. The first kappa shape index (κ1) is 16.3. The minimum atomic E-state index is -1.00. The van der Waals surface area contributed by atoms with Crippen molar-refractivity contribution < 1.29 is 5.11 Å². The van der Waals surface area contributed by atoms with Crippen molar-refractivity contribution in [1.82, 2.24) is 0 Å². The second-order valence-electron chi connectivity index (χ2n) is 8.22. The molecule has 0 bridgehead atoms. The van der Waals surface area contributed by atoms with Gasteiger partial charge in [0, 0.05) is 13.9 Å². The van der Waals surface area contributed by atoms with Crippen LogP contribution in [0.4, 0.5) is 0 Å². The molecule has 0 saturated heterocycles. The summed E-state index contributed by atoms with van der Waals surface area (Å²) in [5.41, 5.74) is 2.72. The van der Waals surface area contributed by atoms with Crippen LogP contribution in [-0.2, 0) is 0 Å². The third kappa shape index (κ3) is 3.35. The smallest absolute Gasteiger partial charge is 0.0958 e. The van der Waals surface area contributed by atoms with E-state index in [1.54, 1.807) is 0 Å². The topological polar surface area (TPSA) is 20.2 Å². The monoisotopic (exact) mass is 311 g/mol. The molecule has 3 aliphatic carbocycles. The van der Waals surface area contributed by atoms with Gasteiger partial charge in [-0.15, -0.1) is 0 Å². The molecule has 0 aromatic rings. The molecule has 2 heteroatoms. The molecule has 3 fully saturated rings. The quantitative estimate of drug-likeness (QED) is 0.672. The van der Waals surface area contributed by atoms with Crippen LogP contribution < -0.4 is 0 Å². The van der Waals surface area contributed by atoms with Gasteiger partial charge in [-0.2, -0.15) is 0 Å². The summed E-state index contributed by atoms with van der Waals surface area (Å²) in [4.78, 5) is 0. The first-order chi connectivity index (χ1) is 10.2. The van der Waals surface area contributed by atoms with E-state index in [1.807, 2.05) is 0 Å². The molecular weight excluding hydrogens is 275 g/mol. The van der Waals surface area contributed by atoms with Gasteiger partial charge in [-0.25, -0.2) is 0 Å². The number of aliphatic hydroxyl groups is 1. The standard InChI is InChI=1S/C19H36OP/c1-21(16-10-4-2-5-11-16,17-12-6-3-7-13-17)19-15-9-8-14-18(19)20/h16-20H,2-15H2,1H3/q+1. The molecule has 1 nitrogen and oxygen atoms in total. The first-order valence-corrected chi connectivity index (χ1v) is 12.2. The van der Waals surface area contributed by atoms with Crippen molar-refractivity contribution in [1.29, 1.82) is 0 Å². The van der Waals surface area contributed by atoms with Crippen LogP contribution in [-0.4, -0.2) is 34.9 Å². The minimum Gasteiger partial charge on any atom is -0.389 e. The SMILES string of the molecule is C[P+](C1CCCCC1)(C1CCCCC1)C1CCCCC1O. The van der Waals surface area contributed by atoms with E-state index in [0.717, 1.165) is 17.7 Å². The summed E-state index contributed by atoms with van der Waals surface area (Å²) in [7, 11) is -1.00. The first-order valence-electron chi connectivity index (χ1n) is 9.76. The lowest BCUT2D eigenvalue weighted by Gasteiger charge is -2.48. The van der Waals surface area contributed by atoms with Crippen molar-refractivity contribution in [3.8, 4) is 0 Å². The Morgan fingerprint density at radius 1 is 0.619 bits per heavy atom. The summed E-state index contributed by atoms with van der Waals surface area (Å²) >= 11 is 0. The van der Waals surface area contributed by atoms with Crippen LogP contribution in [0.2, 0.25) is 0 Å². The van der Waals surface area contributed by atoms with Crippen LogP contribution in [0.15, 0.2) is 0 Å².